The Morgan fingerprint density at radius 3 is 2.21 bits per heavy atom. The van der Waals surface area contributed by atoms with Crippen LogP contribution in [0.2, 0.25) is 0 Å². The normalized spacial score (nSPS) is 11.5. The first-order valence-electron chi connectivity index (χ1n) is 10.2. The van der Waals surface area contributed by atoms with Gasteiger partial charge in [-0.2, -0.15) is 8.42 Å². The van der Waals surface area contributed by atoms with Gasteiger partial charge in [0.1, 0.15) is 6.33 Å². The monoisotopic (exact) mass is 454 g/mol. The molecule has 1 aromatic heterocycles. The topological polar surface area (TPSA) is 89.3 Å². The molecule has 5 rings (SSSR count). The summed E-state index contributed by atoms with van der Waals surface area (Å²) in [4.78, 5) is 17.5. The van der Waals surface area contributed by atoms with Crippen molar-refractivity contribution in [3.05, 3.63) is 115 Å². The number of benzene rings is 4. The number of imidazole rings is 1. The van der Waals surface area contributed by atoms with Crippen molar-refractivity contribution in [3.8, 4) is 16.8 Å². The Morgan fingerprint density at radius 1 is 0.788 bits per heavy atom. The molecule has 0 radical (unpaired) electrons. The number of hydrogen-bond acceptors (Lipinski definition) is 4. The van der Waals surface area contributed by atoms with E-state index < -0.39 is 10.1 Å². The van der Waals surface area contributed by atoms with Gasteiger partial charge in [-0.05, 0) is 29.8 Å². The van der Waals surface area contributed by atoms with E-state index in [1.54, 1.807) is 35.2 Å². The van der Waals surface area contributed by atoms with Crippen LogP contribution in [-0.2, 0) is 10.1 Å². The molecule has 0 aliphatic rings. The number of fused-ring (bicyclic) bond motifs is 1. The molecule has 6 nitrogen and oxygen atoms in total. The minimum Gasteiger partial charge on any atom is -0.298 e. The average Bonchev–Trinajstić information content (AvgIpc) is 3.27. The number of aromatic nitrogens is 2. The van der Waals surface area contributed by atoms with E-state index in [1.807, 2.05) is 60.7 Å². The number of carbonyl (C=O) groups is 1. The van der Waals surface area contributed by atoms with Crippen molar-refractivity contribution >= 4 is 26.9 Å². The lowest BCUT2D eigenvalue weighted by molar-refractivity contribution is 0.103. The zero-order chi connectivity index (χ0) is 23.0. The standard InChI is InChI=1S/C26H18N2O4S/c29-26(18-8-2-1-3-9-18)22-12-5-4-10-20(22)21-11-6-7-13-24(21)28-17-27-23-15-14-19(16-25(23)28)33(30,31)32/h1-17H,(H,30,31,32). The van der Waals surface area contributed by atoms with Crippen LogP contribution in [0.15, 0.2) is 108 Å². The Labute approximate surface area is 190 Å². The molecule has 0 bridgehead atoms. The van der Waals surface area contributed by atoms with Crippen LogP contribution in [0.1, 0.15) is 15.9 Å². The van der Waals surface area contributed by atoms with Crippen LogP contribution in [0.4, 0.5) is 0 Å². The molecule has 0 aliphatic carbocycles. The predicted octanol–water partition coefficient (Wildman–Crippen LogP) is 5.17. The van der Waals surface area contributed by atoms with Gasteiger partial charge in [-0.3, -0.25) is 13.9 Å². The Hall–Kier alpha value is -4.07. The van der Waals surface area contributed by atoms with E-state index in [-0.39, 0.29) is 10.7 Å². The number of carbonyl (C=O) groups excluding carboxylic acids is 1. The molecule has 162 valence electrons. The number of ketones is 1. The van der Waals surface area contributed by atoms with Crippen LogP contribution in [0.3, 0.4) is 0 Å². The quantitative estimate of drug-likeness (QED) is 0.292. The second-order valence-electron chi connectivity index (χ2n) is 7.50. The van der Waals surface area contributed by atoms with E-state index in [1.165, 1.54) is 12.1 Å². The third-order valence-electron chi connectivity index (χ3n) is 5.48. The summed E-state index contributed by atoms with van der Waals surface area (Å²) < 4.78 is 34.6. The highest BCUT2D eigenvalue weighted by atomic mass is 32.2. The van der Waals surface area contributed by atoms with Gasteiger partial charge >= 0.3 is 0 Å². The summed E-state index contributed by atoms with van der Waals surface area (Å²) in [5.41, 5.74) is 4.49. The van der Waals surface area contributed by atoms with Crippen LogP contribution < -0.4 is 0 Å². The summed E-state index contributed by atoms with van der Waals surface area (Å²) in [6.45, 7) is 0. The smallest absolute Gasteiger partial charge is 0.294 e. The van der Waals surface area contributed by atoms with Gasteiger partial charge in [0.05, 0.1) is 21.6 Å². The fraction of sp³-hybridized carbons (Fsp3) is 0. The molecule has 0 unspecified atom stereocenters. The highest BCUT2D eigenvalue weighted by Crippen LogP contribution is 2.33. The van der Waals surface area contributed by atoms with Crippen LogP contribution >= 0.6 is 0 Å². The van der Waals surface area contributed by atoms with Crippen molar-refractivity contribution in [2.45, 2.75) is 4.90 Å². The van der Waals surface area contributed by atoms with Crippen molar-refractivity contribution in [2.75, 3.05) is 0 Å². The molecule has 0 saturated carbocycles. The number of hydrogen-bond donors (Lipinski definition) is 1. The molecule has 0 aliphatic heterocycles. The van der Waals surface area contributed by atoms with E-state index in [0.29, 0.717) is 22.2 Å². The van der Waals surface area contributed by atoms with E-state index in [4.69, 9.17) is 0 Å². The summed E-state index contributed by atoms with van der Waals surface area (Å²) in [5, 5.41) is 0. The van der Waals surface area contributed by atoms with Crippen LogP contribution in [0.5, 0.6) is 0 Å². The van der Waals surface area contributed by atoms with Gasteiger partial charge in [-0.25, -0.2) is 4.98 Å². The molecule has 7 heteroatoms. The fourth-order valence-electron chi connectivity index (χ4n) is 3.91. The third kappa shape index (κ3) is 3.84. The predicted molar refractivity (Wildman–Crippen MR) is 126 cm³/mol. The van der Waals surface area contributed by atoms with Gasteiger partial charge in [0.15, 0.2) is 5.78 Å². The van der Waals surface area contributed by atoms with Crippen molar-refractivity contribution in [2.24, 2.45) is 0 Å². The summed E-state index contributed by atoms with van der Waals surface area (Å²) in [6.07, 6.45) is 1.60. The molecule has 4 aromatic carbocycles. The van der Waals surface area contributed by atoms with E-state index in [9.17, 15) is 17.8 Å². The maximum absolute atomic E-state index is 13.3. The Bertz CT molecular complexity index is 1610. The zero-order valence-electron chi connectivity index (χ0n) is 17.3. The highest BCUT2D eigenvalue weighted by molar-refractivity contribution is 7.85. The molecule has 33 heavy (non-hydrogen) atoms. The Morgan fingerprint density at radius 2 is 1.45 bits per heavy atom. The van der Waals surface area contributed by atoms with Gasteiger partial charge in [-0.1, -0.05) is 72.8 Å². The van der Waals surface area contributed by atoms with E-state index in [2.05, 4.69) is 4.98 Å². The van der Waals surface area contributed by atoms with Crippen molar-refractivity contribution in [1.82, 2.24) is 9.55 Å². The number of para-hydroxylation sites is 1. The molecule has 0 saturated heterocycles. The highest BCUT2D eigenvalue weighted by Gasteiger charge is 2.19. The van der Waals surface area contributed by atoms with Gasteiger partial charge in [-0.15, -0.1) is 0 Å². The van der Waals surface area contributed by atoms with E-state index in [0.717, 1.165) is 16.8 Å². The van der Waals surface area contributed by atoms with Crippen molar-refractivity contribution < 1.29 is 17.8 Å². The third-order valence-corrected chi connectivity index (χ3v) is 6.33. The van der Waals surface area contributed by atoms with Gasteiger partial charge < -0.3 is 0 Å². The SMILES string of the molecule is O=C(c1ccccc1)c1ccccc1-c1ccccc1-n1cnc2ccc(S(=O)(=O)O)cc21. The van der Waals surface area contributed by atoms with E-state index >= 15 is 0 Å². The maximum Gasteiger partial charge on any atom is 0.294 e. The molecular weight excluding hydrogens is 436 g/mol. The average molecular weight is 455 g/mol. The molecule has 1 N–H and O–H groups in total. The number of rotatable bonds is 5. The van der Waals surface area contributed by atoms with Crippen LogP contribution in [-0.4, -0.2) is 28.3 Å². The summed E-state index contributed by atoms with van der Waals surface area (Å²) in [7, 11) is -4.37. The van der Waals surface area contributed by atoms with Gasteiger partial charge in [0.2, 0.25) is 0 Å². The second kappa shape index (κ2) is 8.12. The molecule has 0 atom stereocenters. The first-order valence-corrected chi connectivity index (χ1v) is 11.6. The number of nitrogens with zero attached hydrogens (tertiary/aromatic N) is 2. The largest absolute Gasteiger partial charge is 0.298 e. The minimum atomic E-state index is -4.37. The van der Waals surface area contributed by atoms with Crippen molar-refractivity contribution in [3.63, 3.8) is 0 Å². The molecule has 1 heterocycles. The van der Waals surface area contributed by atoms with Crippen LogP contribution in [0, 0.1) is 0 Å². The van der Waals surface area contributed by atoms with Gasteiger partial charge in [0.25, 0.3) is 10.1 Å². The maximum atomic E-state index is 13.3. The van der Waals surface area contributed by atoms with Gasteiger partial charge in [0, 0.05) is 16.7 Å². The molecule has 0 spiro atoms. The Kier molecular flexibility index (Phi) is 5.12. The first kappa shape index (κ1) is 20.8. The van der Waals surface area contributed by atoms with Crippen molar-refractivity contribution in [1.29, 1.82) is 0 Å². The summed E-state index contributed by atoms with van der Waals surface area (Å²) in [5.74, 6) is -0.0925. The lowest BCUT2D eigenvalue weighted by Gasteiger charge is -2.15. The summed E-state index contributed by atoms with van der Waals surface area (Å²) in [6, 6.07) is 28.2. The summed E-state index contributed by atoms with van der Waals surface area (Å²) >= 11 is 0. The lowest BCUT2D eigenvalue weighted by Crippen LogP contribution is -2.05. The molecule has 5 aromatic rings. The minimum absolute atomic E-state index is 0.0925. The molecular formula is C26H18N2O4S. The lowest BCUT2D eigenvalue weighted by atomic mass is 9.93. The Balaban J connectivity index is 1.71. The zero-order valence-corrected chi connectivity index (χ0v) is 18.1. The first-order chi connectivity index (χ1) is 15.9. The fourth-order valence-corrected chi connectivity index (χ4v) is 4.41. The molecule has 0 fully saturated rings. The second-order valence-corrected chi connectivity index (χ2v) is 8.92. The molecule has 0 amide bonds. The van der Waals surface area contributed by atoms with Crippen LogP contribution in [0.25, 0.3) is 27.8 Å².